The molecule has 1 heterocycles. The maximum absolute atomic E-state index is 12.3. The molecule has 0 N–H and O–H groups in total. The molecule has 0 bridgehead atoms. The monoisotopic (exact) mass is 249 g/mol. The van der Waals surface area contributed by atoms with Crippen molar-refractivity contribution in [3.63, 3.8) is 0 Å². The molecule has 16 heavy (non-hydrogen) atoms. The lowest BCUT2D eigenvalue weighted by molar-refractivity contribution is -0.136. The molecule has 1 fully saturated rings. The summed E-state index contributed by atoms with van der Waals surface area (Å²) in [5.41, 5.74) is -0.982. The molecule has 0 aromatic heterocycles. The van der Waals surface area contributed by atoms with Crippen molar-refractivity contribution in [2.75, 3.05) is 20.3 Å². The lowest BCUT2D eigenvalue weighted by Gasteiger charge is -2.20. The van der Waals surface area contributed by atoms with Crippen molar-refractivity contribution < 1.29 is 23.2 Å². The fourth-order valence-electron chi connectivity index (χ4n) is 1.56. The summed E-state index contributed by atoms with van der Waals surface area (Å²) >= 11 is 0. The molecule has 6 nitrogen and oxygen atoms in total. The van der Waals surface area contributed by atoms with Gasteiger partial charge in [-0.2, -0.15) is 0 Å². The summed E-state index contributed by atoms with van der Waals surface area (Å²) < 4.78 is 22.4. The van der Waals surface area contributed by atoms with Crippen LogP contribution in [0.3, 0.4) is 0 Å². The minimum atomic E-state index is -3.51. The Kier molecular flexibility index (Phi) is 4.24. The Bertz CT molecular complexity index is 333. The number of rotatable bonds is 5. The third kappa shape index (κ3) is 2.34. The fourth-order valence-corrected chi connectivity index (χ4v) is 3.54. The van der Waals surface area contributed by atoms with Crippen LogP contribution in [0.25, 0.3) is 0 Å². The van der Waals surface area contributed by atoms with Crippen molar-refractivity contribution in [2.24, 2.45) is 0 Å². The van der Waals surface area contributed by atoms with Crippen LogP contribution in [0, 0.1) is 0 Å². The average Bonchev–Trinajstić information content (AvgIpc) is 2.47. The second kappa shape index (κ2) is 5.08. The second-order valence-corrected chi connectivity index (χ2v) is 5.61. The Morgan fingerprint density at radius 2 is 1.81 bits per heavy atom. The zero-order valence-electron chi connectivity index (χ0n) is 9.63. The molecule has 1 rings (SSSR count). The van der Waals surface area contributed by atoms with Gasteiger partial charge in [0, 0.05) is 7.05 Å². The van der Waals surface area contributed by atoms with Crippen LogP contribution in [0.4, 0.5) is 0 Å². The van der Waals surface area contributed by atoms with E-state index in [1.807, 2.05) is 0 Å². The molecule has 1 aliphatic heterocycles. The SMILES string of the molecule is CCOP(=O)(OCC)C1CC(=O)N(C)C1=O. The maximum atomic E-state index is 12.3. The summed E-state index contributed by atoms with van der Waals surface area (Å²) in [5, 5.41) is 0. The van der Waals surface area contributed by atoms with Crippen molar-refractivity contribution in [1.29, 1.82) is 0 Å². The van der Waals surface area contributed by atoms with Crippen molar-refractivity contribution in [3.05, 3.63) is 0 Å². The smallest absolute Gasteiger partial charge is 0.308 e. The standard InChI is InChI=1S/C9H16NO5P/c1-4-14-16(13,15-5-2)7-6-8(11)10(3)9(7)12/h7H,4-6H2,1-3H3. The van der Waals surface area contributed by atoms with Crippen molar-refractivity contribution in [1.82, 2.24) is 4.90 Å². The van der Waals surface area contributed by atoms with Gasteiger partial charge in [0.1, 0.15) is 5.66 Å². The van der Waals surface area contributed by atoms with Gasteiger partial charge >= 0.3 is 7.60 Å². The van der Waals surface area contributed by atoms with Crippen LogP contribution in [-0.4, -0.2) is 42.6 Å². The highest BCUT2D eigenvalue weighted by atomic mass is 31.2. The Hall–Kier alpha value is -0.710. The average molecular weight is 249 g/mol. The predicted molar refractivity (Wildman–Crippen MR) is 57.0 cm³/mol. The molecule has 1 unspecified atom stereocenters. The van der Waals surface area contributed by atoms with E-state index in [2.05, 4.69) is 0 Å². The molecule has 0 spiro atoms. The Labute approximate surface area is 94.4 Å². The first kappa shape index (κ1) is 13.4. The number of amides is 2. The molecule has 7 heteroatoms. The van der Waals surface area contributed by atoms with Crippen LogP contribution in [0.2, 0.25) is 0 Å². The molecule has 0 radical (unpaired) electrons. The Balaban J connectivity index is 2.92. The lowest BCUT2D eigenvalue weighted by Crippen LogP contribution is -2.28. The van der Waals surface area contributed by atoms with E-state index in [0.29, 0.717) is 0 Å². The van der Waals surface area contributed by atoms with E-state index >= 15 is 0 Å². The van der Waals surface area contributed by atoms with Crippen LogP contribution in [-0.2, 0) is 23.2 Å². The highest BCUT2D eigenvalue weighted by Gasteiger charge is 2.49. The van der Waals surface area contributed by atoms with E-state index in [0.717, 1.165) is 4.90 Å². The molecule has 0 aromatic rings. The minimum absolute atomic E-state index is 0.105. The van der Waals surface area contributed by atoms with Gasteiger partial charge in [0.25, 0.3) is 0 Å². The Morgan fingerprint density at radius 3 is 2.12 bits per heavy atom. The quantitative estimate of drug-likeness (QED) is 0.537. The fraction of sp³-hybridized carbons (Fsp3) is 0.778. The predicted octanol–water partition coefficient (Wildman–Crippen LogP) is 1.01. The first-order valence-electron chi connectivity index (χ1n) is 5.15. The van der Waals surface area contributed by atoms with Crippen LogP contribution in [0.1, 0.15) is 20.3 Å². The van der Waals surface area contributed by atoms with Gasteiger partial charge in [0.2, 0.25) is 11.8 Å². The molecule has 0 saturated carbocycles. The molecule has 0 aromatic carbocycles. The summed E-state index contributed by atoms with van der Waals surface area (Å²) in [6, 6.07) is 0. The van der Waals surface area contributed by atoms with E-state index in [-0.39, 0.29) is 25.5 Å². The zero-order chi connectivity index (χ0) is 12.3. The van der Waals surface area contributed by atoms with Gasteiger partial charge in [-0.3, -0.25) is 19.1 Å². The topological polar surface area (TPSA) is 72.9 Å². The molecule has 1 aliphatic rings. The molecular formula is C9H16NO5P. The molecule has 1 atom stereocenters. The molecular weight excluding hydrogens is 233 g/mol. The molecule has 92 valence electrons. The van der Waals surface area contributed by atoms with E-state index < -0.39 is 19.2 Å². The summed E-state index contributed by atoms with van der Waals surface area (Å²) in [5.74, 6) is -0.843. The van der Waals surface area contributed by atoms with Gasteiger partial charge in [-0.15, -0.1) is 0 Å². The summed E-state index contributed by atoms with van der Waals surface area (Å²) in [7, 11) is -2.14. The summed E-state index contributed by atoms with van der Waals surface area (Å²) in [6.45, 7) is 3.69. The van der Waals surface area contributed by atoms with Crippen molar-refractivity contribution >= 4 is 19.4 Å². The van der Waals surface area contributed by atoms with Crippen LogP contribution in [0.15, 0.2) is 0 Å². The lowest BCUT2D eigenvalue weighted by atomic mass is 10.4. The van der Waals surface area contributed by atoms with E-state index in [9.17, 15) is 14.2 Å². The summed E-state index contributed by atoms with van der Waals surface area (Å²) in [6.07, 6.45) is -0.105. The largest absolute Gasteiger partial charge is 0.343 e. The number of hydrogen-bond acceptors (Lipinski definition) is 5. The zero-order valence-corrected chi connectivity index (χ0v) is 10.5. The first-order valence-corrected chi connectivity index (χ1v) is 6.76. The van der Waals surface area contributed by atoms with Gasteiger partial charge in [-0.05, 0) is 13.8 Å². The van der Waals surface area contributed by atoms with E-state index in [4.69, 9.17) is 9.05 Å². The maximum Gasteiger partial charge on any atom is 0.343 e. The number of imide groups is 1. The molecule has 1 saturated heterocycles. The van der Waals surface area contributed by atoms with Gasteiger partial charge in [-0.1, -0.05) is 0 Å². The Morgan fingerprint density at radius 1 is 1.31 bits per heavy atom. The highest BCUT2D eigenvalue weighted by molar-refractivity contribution is 7.55. The van der Waals surface area contributed by atoms with E-state index in [1.54, 1.807) is 13.8 Å². The second-order valence-electron chi connectivity index (χ2n) is 3.39. The number of likely N-dealkylation sites (tertiary alicyclic amines) is 1. The van der Waals surface area contributed by atoms with Crippen molar-refractivity contribution in [2.45, 2.75) is 25.9 Å². The first-order chi connectivity index (χ1) is 7.46. The third-order valence-electron chi connectivity index (χ3n) is 2.36. The number of carbonyl (C=O) groups excluding carboxylic acids is 2. The van der Waals surface area contributed by atoms with Gasteiger partial charge in [0.05, 0.1) is 19.6 Å². The highest BCUT2D eigenvalue weighted by Crippen LogP contribution is 2.56. The van der Waals surface area contributed by atoms with E-state index in [1.165, 1.54) is 7.05 Å². The number of nitrogens with zero attached hydrogens (tertiary/aromatic N) is 1. The van der Waals surface area contributed by atoms with Gasteiger partial charge in [-0.25, -0.2) is 0 Å². The summed E-state index contributed by atoms with van der Waals surface area (Å²) in [4.78, 5) is 24.0. The van der Waals surface area contributed by atoms with Crippen LogP contribution in [0.5, 0.6) is 0 Å². The van der Waals surface area contributed by atoms with Crippen LogP contribution >= 0.6 is 7.60 Å². The van der Waals surface area contributed by atoms with Gasteiger partial charge in [0.15, 0.2) is 0 Å². The third-order valence-corrected chi connectivity index (χ3v) is 4.76. The molecule has 2 amide bonds. The van der Waals surface area contributed by atoms with Gasteiger partial charge < -0.3 is 9.05 Å². The number of carbonyl (C=O) groups is 2. The molecule has 0 aliphatic carbocycles. The normalized spacial score (nSPS) is 21.9. The van der Waals surface area contributed by atoms with Crippen LogP contribution < -0.4 is 0 Å². The number of hydrogen-bond donors (Lipinski definition) is 0. The minimum Gasteiger partial charge on any atom is -0.308 e. The van der Waals surface area contributed by atoms with Crippen molar-refractivity contribution in [3.8, 4) is 0 Å².